The van der Waals surface area contributed by atoms with Crippen LogP contribution >= 0.6 is 11.6 Å². The van der Waals surface area contributed by atoms with Gasteiger partial charge in [0.1, 0.15) is 48.3 Å². The lowest BCUT2D eigenvalue weighted by molar-refractivity contribution is 0.0252. The SMILES string of the molecule is COc1ccc(CN(Cc2ccc(OC)cc2)c2ncccc2C(C)N2C=C(OC[C@@]34CCCN3C[C@H](F)C4)Oc3c(F)c(-c4cc(O)cc5ccccc45)c(Cl)c4c3=C2NCN=4)cc1. The van der Waals surface area contributed by atoms with Crippen LogP contribution < -0.4 is 35.0 Å². The summed E-state index contributed by atoms with van der Waals surface area (Å²) in [5.41, 5.74) is 2.87. The number of fused-ring (bicyclic) bond motifs is 2. The summed E-state index contributed by atoms with van der Waals surface area (Å²) in [4.78, 5) is 16.2. The van der Waals surface area contributed by atoms with Gasteiger partial charge in [-0.05, 0) is 96.2 Å². The van der Waals surface area contributed by atoms with Crippen LogP contribution in [0.1, 0.15) is 48.9 Å². The molecule has 5 aromatic carbocycles. The molecular formula is C51H49ClF2N6O5. The number of nitrogens with zero attached hydrogens (tertiary/aromatic N) is 5. The van der Waals surface area contributed by atoms with Crippen LogP contribution in [0.15, 0.2) is 120 Å². The van der Waals surface area contributed by atoms with Crippen molar-refractivity contribution < 1.29 is 32.8 Å². The molecule has 0 radical (unpaired) electrons. The molecule has 4 aliphatic rings. The number of hydrogen-bond acceptors (Lipinski definition) is 11. The van der Waals surface area contributed by atoms with Crippen LogP contribution in [0.4, 0.5) is 14.6 Å². The second kappa shape index (κ2) is 17.4. The van der Waals surface area contributed by atoms with Crippen molar-refractivity contribution in [2.24, 2.45) is 4.99 Å². The molecule has 14 heteroatoms. The Morgan fingerprint density at radius 1 is 0.985 bits per heavy atom. The molecule has 1 aromatic heterocycles. The minimum Gasteiger partial charge on any atom is -0.508 e. The number of phenolic OH excluding ortho intramolecular Hbond substituents is 1. The molecule has 0 amide bonds. The van der Waals surface area contributed by atoms with E-state index >= 15 is 8.78 Å². The highest BCUT2D eigenvalue weighted by Gasteiger charge is 2.49. The van der Waals surface area contributed by atoms with Crippen molar-refractivity contribution >= 4 is 34.0 Å². The number of nitrogens with one attached hydrogen (secondary N) is 1. The summed E-state index contributed by atoms with van der Waals surface area (Å²) in [7, 11) is 3.30. The summed E-state index contributed by atoms with van der Waals surface area (Å²) in [6, 6.07) is 30.0. The molecule has 3 atom stereocenters. The molecule has 11 nitrogen and oxygen atoms in total. The second-order valence-electron chi connectivity index (χ2n) is 17.1. The minimum absolute atomic E-state index is 0.0259. The lowest BCUT2D eigenvalue weighted by Gasteiger charge is -2.34. The van der Waals surface area contributed by atoms with Gasteiger partial charge in [-0.25, -0.2) is 13.8 Å². The molecule has 0 aliphatic carbocycles. The topological polar surface area (TPSA) is 104 Å². The van der Waals surface area contributed by atoms with E-state index in [9.17, 15) is 5.11 Å². The first-order chi connectivity index (χ1) is 31.6. The molecule has 10 rings (SSSR count). The summed E-state index contributed by atoms with van der Waals surface area (Å²) in [6.45, 7) is 4.48. The Balaban J connectivity index is 1.12. The lowest BCUT2D eigenvalue weighted by Crippen LogP contribution is -2.45. The molecule has 0 spiro atoms. The summed E-state index contributed by atoms with van der Waals surface area (Å²) in [5, 5.41) is 16.4. The van der Waals surface area contributed by atoms with Gasteiger partial charge in [0.05, 0.1) is 47.6 Å². The monoisotopic (exact) mass is 898 g/mol. The summed E-state index contributed by atoms with van der Waals surface area (Å²) in [5.74, 6) is 1.84. The number of aromatic nitrogens is 1. The summed E-state index contributed by atoms with van der Waals surface area (Å²) < 4.78 is 57.0. The molecule has 1 unspecified atom stereocenters. The lowest BCUT2D eigenvalue weighted by atomic mass is 9.95. The minimum atomic E-state index is -0.968. The molecule has 2 N–H and O–H groups in total. The first-order valence-electron chi connectivity index (χ1n) is 21.8. The average molecular weight is 899 g/mol. The van der Waals surface area contributed by atoms with Crippen LogP contribution in [-0.4, -0.2) is 72.2 Å². The predicted molar refractivity (Wildman–Crippen MR) is 246 cm³/mol. The molecule has 65 heavy (non-hydrogen) atoms. The number of rotatable bonds is 13. The van der Waals surface area contributed by atoms with Gasteiger partial charge >= 0.3 is 5.95 Å². The van der Waals surface area contributed by atoms with E-state index in [1.165, 1.54) is 6.07 Å². The third-order valence-corrected chi connectivity index (χ3v) is 13.5. The van der Waals surface area contributed by atoms with Crippen LogP contribution in [-0.2, 0) is 17.8 Å². The molecule has 334 valence electrons. The van der Waals surface area contributed by atoms with Crippen LogP contribution in [0.2, 0.25) is 5.02 Å². The zero-order valence-corrected chi connectivity index (χ0v) is 37.1. The van der Waals surface area contributed by atoms with E-state index in [1.54, 1.807) is 32.7 Å². The van der Waals surface area contributed by atoms with Crippen molar-refractivity contribution in [2.75, 3.05) is 45.5 Å². The fraction of sp³-hybridized carbons (Fsp3) is 0.294. The third kappa shape index (κ3) is 7.90. The second-order valence-corrected chi connectivity index (χ2v) is 17.5. The van der Waals surface area contributed by atoms with Crippen LogP contribution in [0.25, 0.3) is 27.7 Å². The van der Waals surface area contributed by atoms with Crippen molar-refractivity contribution in [3.05, 3.63) is 154 Å². The number of anilines is 1. The molecule has 2 saturated heterocycles. The molecule has 0 saturated carbocycles. The quantitative estimate of drug-likeness (QED) is 0.117. The number of phenols is 1. The maximum atomic E-state index is 17.8. The Bertz CT molecular complexity index is 2890. The Kier molecular flexibility index (Phi) is 11.4. The van der Waals surface area contributed by atoms with E-state index in [2.05, 4.69) is 15.1 Å². The zero-order chi connectivity index (χ0) is 44.8. The number of alkyl halides is 1. The smallest absolute Gasteiger partial charge is 0.302 e. The highest BCUT2D eigenvalue weighted by molar-refractivity contribution is 6.33. The van der Waals surface area contributed by atoms with E-state index in [4.69, 9.17) is 40.5 Å². The summed E-state index contributed by atoms with van der Waals surface area (Å²) >= 11 is 7.30. The van der Waals surface area contributed by atoms with Gasteiger partial charge in [-0.2, -0.15) is 0 Å². The van der Waals surface area contributed by atoms with Gasteiger partial charge < -0.3 is 39.2 Å². The largest absolute Gasteiger partial charge is 0.508 e. The van der Waals surface area contributed by atoms with E-state index in [0.717, 1.165) is 53.4 Å². The van der Waals surface area contributed by atoms with Crippen molar-refractivity contribution in [3.63, 3.8) is 0 Å². The van der Waals surface area contributed by atoms with E-state index in [0.29, 0.717) is 58.8 Å². The van der Waals surface area contributed by atoms with Crippen molar-refractivity contribution in [3.8, 4) is 34.1 Å². The number of aromatic hydroxyl groups is 1. The Hall–Kier alpha value is -6.57. The van der Waals surface area contributed by atoms with Gasteiger partial charge in [-0.15, -0.1) is 0 Å². The van der Waals surface area contributed by atoms with Crippen molar-refractivity contribution in [1.82, 2.24) is 20.1 Å². The highest BCUT2D eigenvalue weighted by Crippen LogP contribution is 2.43. The number of halogens is 3. The first-order valence-corrected chi connectivity index (χ1v) is 22.2. The number of ether oxygens (including phenoxy) is 4. The summed E-state index contributed by atoms with van der Waals surface area (Å²) in [6.07, 6.45) is 4.60. The van der Waals surface area contributed by atoms with E-state index < -0.39 is 23.6 Å². The van der Waals surface area contributed by atoms with Gasteiger partial charge in [-0.1, -0.05) is 66.2 Å². The van der Waals surface area contributed by atoms with Gasteiger partial charge in [0.25, 0.3) is 0 Å². The zero-order valence-electron chi connectivity index (χ0n) is 36.4. The fourth-order valence-electron chi connectivity index (χ4n) is 9.95. The van der Waals surface area contributed by atoms with Gasteiger partial charge in [-0.3, -0.25) is 9.89 Å². The van der Waals surface area contributed by atoms with Crippen molar-refractivity contribution in [1.29, 1.82) is 0 Å². The maximum Gasteiger partial charge on any atom is 0.302 e. The Morgan fingerprint density at radius 2 is 1.71 bits per heavy atom. The molecule has 0 bridgehead atoms. The van der Waals surface area contributed by atoms with Gasteiger partial charge in [0, 0.05) is 43.4 Å². The maximum absolute atomic E-state index is 17.8. The van der Waals surface area contributed by atoms with Gasteiger partial charge in [0.15, 0.2) is 11.6 Å². The predicted octanol–water partition coefficient (Wildman–Crippen LogP) is 8.72. The normalized spacial score (nSPS) is 19.3. The van der Waals surface area contributed by atoms with E-state index in [-0.39, 0.29) is 41.3 Å². The average Bonchev–Trinajstić information content (AvgIpc) is 3.80. The number of benzene rings is 5. The molecule has 2 fully saturated rings. The van der Waals surface area contributed by atoms with Crippen LogP contribution in [0.5, 0.6) is 23.0 Å². The molecule has 6 aromatic rings. The van der Waals surface area contributed by atoms with Crippen LogP contribution in [0, 0.1) is 5.82 Å². The van der Waals surface area contributed by atoms with E-state index in [1.807, 2.05) is 96.8 Å². The highest BCUT2D eigenvalue weighted by atomic mass is 35.5. The fourth-order valence-corrected chi connectivity index (χ4v) is 10.3. The standard InChI is InChI=1S/C51H49ClF2N6O5/c1-31(39-10-6-20-55-49(39)58(25-32-11-15-37(62-2)16-12-32)26-33-13-17-38(63-3)18-14-33)60-28-42(64-29-51-19-7-21-59(51)27-35(53)24-51)65-48-44-47(56-30-57-50(44)60)45(52)43(46(48)54)41-23-36(61)22-34-8-4-5-9-40(34)41/h4-6,8-18,20,22-23,28,31,35,57,61H,7,19,21,24-27,29-30H2,1-3H3/t31?,35-,51+/m1/s1. The molecule has 5 heterocycles. The molecular weight excluding hydrogens is 850 g/mol. The van der Waals surface area contributed by atoms with Gasteiger partial charge in [0.2, 0.25) is 0 Å². The number of hydrogen-bond donors (Lipinski definition) is 2. The Labute approximate surface area is 380 Å². The van der Waals surface area contributed by atoms with Crippen molar-refractivity contribution in [2.45, 2.75) is 57.0 Å². The molecule has 4 aliphatic heterocycles. The van der Waals surface area contributed by atoms with Crippen LogP contribution in [0.3, 0.4) is 0 Å². The number of pyridine rings is 1. The first kappa shape index (κ1) is 42.4. The Morgan fingerprint density at radius 3 is 2.43 bits per heavy atom. The third-order valence-electron chi connectivity index (χ3n) is 13.1. The number of methoxy groups -OCH3 is 2.